The Kier molecular flexibility index (Phi) is 7.99. The predicted octanol–water partition coefficient (Wildman–Crippen LogP) is 5.55. The zero-order chi connectivity index (χ0) is 24.6. The van der Waals surface area contributed by atoms with Crippen LogP contribution in [0.15, 0.2) is 59.5 Å². The molecule has 0 atom stereocenters. The quantitative estimate of drug-likeness (QED) is 0.283. The van der Waals surface area contributed by atoms with Crippen molar-refractivity contribution in [3.8, 4) is 5.75 Å². The van der Waals surface area contributed by atoms with Crippen LogP contribution in [0.4, 0.5) is 13.2 Å². The first-order valence-corrected chi connectivity index (χ1v) is 11.1. The van der Waals surface area contributed by atoms with E-state index in [1.165, 1.54) is 24.5 Å². The number of hydrogen-bond donors (Lipinski definition) is 1. The monoisotopic (exact) mass is 483 g/mol. The molecule has 0 aliphatic heterocycles. The van der Waals surface area contributed by atoms with Gasteiger partial charge in [0.1, 0.15) is 42.6 Å². The molecule has 6 nitrogen and oxygen atoms in total. The smallest absolute Gasteiger partial charge is 0.218 e. The number of benzene rings is 2. The Morgan fingerprint density at radius 1 is 1.00 bits per heavy atom. The van der Waals surface area contributed by atoms with Crippen LogP contribution in [0.2, 0.25) is 0 Å². The highest BCUT2D eigenvalue weighted by atomic mass is 19.2. The van der Waals surface area contributed by atoms with Crippen LogP contribution in [0.5, 0.6) is 5.75 Å². The third-order valence-corrected chi connectivity index (χ3v) is 5.38. The number of ether oxygens (including phenoxy) is 1. The highest BCUT2D eigenvalue weighted by molar-refractivity contribution is 5.66. The van der Waals surface area contributed by atoms with Gasteiger partial charge in [-0.15, -0.1) is 0 Å². The maximum Gasteiger partial charge on any atom is 0.218 e. The zero-order valence-corrected chi connectivity index (χ0v) is 18.8. The van der Waals surface area contributed by atoms with Crippen LogP contribution in [0, 0.1) is 17.5 Å². The van der Waals surface area contributed by atoms with Gasteiger partial charge in [-0.05, 0) is 54.7 Å². The van der Waals surface area contributed by atoms with E-state index < -0.39 is 11.6 Å². The van der Waals surface area contributed by atoms with E-state index in [0.29, 0.717) is 41.4 Å². The van der Waals surface area contributed by atoms with Gasteiger partial charge in [0.15, 0.2) is 11.6 Å². The number of nitrogens with zero attached hydrogens (tertiary/aromatic N) is 3. The minimum atomic E-state index is -0.932. The Hall–Kier alpha value is -3.85. The largest absolute Gasteiger partial charge is 0.487 e. The Bertz CT molecular complexity index is 1300. The molecular formula is C26H24F3N3O3. The molecule has 0 fully saturated rings. The van der Waals surface area contributed by atoms with E-state index in [4.69, 9.17) is 9.15 Å². The molecule has 0 spiro atoms. The summed E-state index contributed by atoms with van der Waals surface area (Å²) in [5.41, 5.74) is 1.57. The second kappa shape index (κ2) is 11.5. The molecule has 4 aromatic rings. The number of unbranched alkanes of at least 4 members (excludes halogenated alkanes) is 1. The van der Waals surface area contributed by atoms with Crippen LogP contribution in [-0.2, 0) is 26.2 Å². The van der Waals surface area contributed by atoms with Crippen molar-refractivity contribution in [2.45, 2.75) is 39.0 Å². The minimum Gasteiger partial charge on any atom is -0.487 e. The fourth-order valence-electron chi connectivity index (χ4n) is 3.52. The summed E-state index contributed by atoms with van der Waals surface area (Å²) in [5.74, 6) is -0.911. The molecule has 0 saturated carbocycles. The lowest BCUT2D eigenvalue weighted by Gasteiger charge is -2.08. The maximum atomic E-state index is 14.5. The van der Waals surface area contributed by atoms with Crippen molar-refractivity contribution in [1.29, 1.82) is 0 Å². The average molecular weight is 483 g/mol. The van der Waals surface area contributed by atoms with Crippen LogP contribution in [0.3, 0.4) is 0 Å². The lowest BCUT2D eigenvalue weighted by atomic mass is 10.1. The Balaban J connectivity index is 1.25. The first kappa shape index (κ1) is 24.3. The second-order valence-corrected chi connectivity index (χ2v) is 7.88. The van der Waals surface area contributed by atoms with Crippen LogP contribution in [-0.4, -0.2) is 19.6 Å². The van der Waals surface area contributed by atoms with Gasteiger partial charge in [0, 0.05) is 31.1 Å². The molecule has 2 aromatic carbocycles. The third kappa shape index (κ3) is 6.60. The average Bonchev–Trinajstić information content (AvgIpc) is 3.51. The Labute approximate surface area is 200 Å². The van der Waals surface area contributed by atoms with E-state index >= 15 is 0 Å². The number of aliphatic hydroxyl groups excluding tert-OH is 1. The van der Waals surface area contributed by atoms with Gasteiger partial charge >= 0.3 is 0 Å². The fraction of sp³-hybridized carbons (Fsp3) is 0.231. The summed E-state index contributed by atoms with van der Waals surface area (Å²) in [6, 6.07) is 8.32. The summed E-state index contributed by atoms with van der Waals surface area (Å²) in [6.07, 6.45) is 10.2. The number of aromatic nitrogens is 3. The SMILES string of the molecule is OCc1nccn1CCCCc1ccc(OCc2coc(/C=C/c3ccc(F)c(F)c3)n2)cc1F. The van der Waals surface area contributed by atoms with Gasteiger partial charge < -0.3 is 18.8 Å². The number of aryl methyl sites for hydroxylation is 2. The lowest BCUT2D eigenvalue weighted by molar-refractivity contribution is 0.264. The topological polar surface area (TPSA) is 73.3 Å². The molecule has 0 bridgehead atoms. The number of imidazole rings is 1. The van der Waals surface area contributed by atoms with Gasteiger partial charge in [0.25, 0.3) is 0 Å². The molecule has 4 rings (SSSR count). The molecule has 0 saturated heterocycles. The van der Waals surface area contributed by atoms with Crippen LogP contribution in [0.25, 0.3) is 12.2 Å². The van der Waals surface area contributed by atoms with Gasteiger partial charge in [0.05, 0.1) is 0 Å². The maximum absolute atomic E-state index is 14.5. The number of oxazole rings is 1. The van der Waals surface area contributed by atoms with Crippen molar-refractivity contribution >= 4 is 12.2 Å². The van der Waals surface area contributed by atoms with E-state index in [9.17, 15) is 18.3 Å². The molecule has 1 N–H and O–H groups in total. The summed E-state index contributed by atoms with van der Waals surface area (Å²) in [6.45, 7) is 0.695. The van der Waals surface area contributed by atoms with Gasteiger partial charge in [-0.2, -0.15) is 0 Å². The summed E-state index contributed by atoms with van der Waals surface area (Å²) in [4.78, 5) is 8.31. The molecule has 182 valence electrons. The molecule has 2 heterocycles. The molecule has 0 aliphatic carbocycles. The van der Waals surface area contributed by atoms with Crippen LogP contribution in [0.1, 0.15) is 41.4 Å². The van der Waals surface area contributed by atoms with Crippen molar-refractivity contribution in [3.63, 3.8) is 0 Å². The number of aliphatic hydroxyl groups is 1. The van der Waals surface area contributed by atoms with Gasteiger partial charge in [-0.1, -0.05) is 12.1 Å². The van der Waals surface area contributed by atoms with E-state index in [-0.39, 0.29) is 24.9 Å². The van der Waals surface area contributed by atoms with Gasteiger partial charge in [-0.3, -0.25) is 0 Å². The zero-order valence-electron chi connectivity index (χ0n) is 18.8. The standard InChI is InChI=1S/C26H24F3N3O3/c27-22-8-4-18(13-24(22)29)5-9-26-31-20(17-35-26)16-34-21-7-6-19(23(28)14-21)3-1-2-11-32-12-10-30-25(32)15-33/h4-10,12-14,17,33H,1-3,11,15-16H2/b9-5+. The van der Waals surface area contributed by atoms with E-state index in [1.54, 1.807) is 24.4 Å². The Morgan fingerprint density at radius 3 is 2.69 bits per heavy atom. The first-order chi connectivity index (χ1) is 17.0. The highest BCUT2D eigenvalue weighted by Gasteiger charge is 2.08. The lowest BCUT2D eigenvalue weighted by Crippen LogP contribution is -2.03. The number of hydrogen-bond acceptors (Lipinski definition) is 5. The van der Waals surface area contributed by atoms with E-state index in [1.807, 2.05) is 10.8 Å². The van der Waals surface area contributed by atoms with Crippen molar-refractivity contribution in [2.24, 2.45) is 0 Å². The summed E-state index contributed by atoms with van der Waals surface area (Å²) in [5, 5.41) is 9.23. The van der Waals surface area contributed by atoms with Gasteiger partial charge in [-0.25, -0.2) is 23.1 Å². The molecule has 0 unspecified atom stereocenters. The predicted molar refractivity (Wildman–Crippen MR) is 124 cm³/mol. The molecule has 0 amide bonds. The van der Waals surface area contributed by atoms with E-state index in [2.05, 4.69) is 9.97 Å². The molecule has 35 heavy (non-hydrogen) atoms. The molecule has 2 aromatic heterocycles. The number of halogens is 3. The van der Waals surface area contributed by atoms with Crippen molar-refractivity contribution in [2.75, 3.05) is 0 Å². The minimum absolute atomic E-state index is 0.0827. The summed E-state index contributed by atoms with van der Waals surface area (Å²) < 4.78 is 53.6. The van der Waals surface area contributed by atoms with Crippen molar-refractivity contribution in [3.05, 3.63) is 101 Å². The van der Waals surface area contributed by atoms with Crippen LogP contribution < -0.4 is 4.74 Å². The first-order valence-electron chi connectivity index (χ1n) is 11.1. The van der Waals surface area contributed by atoms with Gasteiger partial charge in [0.2, 0.25) is 5.89 Å². The molecular weight excluding hydrogens is 459 g/mol. The fourth-order valence-corrected chi connectivity index (χ4v) is 3.52. The molecule has 9 heteroatoms. The Morgan fingerprint density at radius 2 is 1.89 bits per heavy atom. The van der Waals surface area contributed by atoms with E-state index in [0.717, 1.165) is 25.0 Å². The summed E-state index contributed by atoms with van der Waals surface area (Å²) in [7, 11) is 0. The molecule has 0 aliphatic rings. The second-order valence-electron chi connectivity index (χ2n) is 7.88. The summed E-state index contributed by atoms with van der Waals surface area (Å²) >= 11 is 0. The van der Waals surface area contributed by atoms with Crippen LogP contribution >= 0.6 is 0 Å². The van der Waals surface area contributed by atoms with Crippen molar-refractivity contribution < 1.29 is 27.4 Å². The highest BCUT2D eigenvalue weighted by Crippen LogP contribution is 2.20. The molecule has 0 radical (unpaired) electrons. The number of rotatable bonds is 11. The van der Waals surface area contributed by atoms with Crippen molar-refractivity contribution in [1.82, 2.24) is 14.5 Å². The third-order valence-electron chi connectivity index (χ3n) is 5.38. The normalized spacial score (nSPS) is 11.4.